The highest BCUT2D eigenvalue weighted by Crippen LogP contribution is 2.34. The second-order valence-electron chi connectivity index (χ2n) is 5.61. The number of nitrogens with zero attached hydrogens (tertiary/aromatic N) is 1. The van der Waals surface area contributed by atoms with Gasteiger partial charge in [-0.1, -0.05) is 12.8 Å². The minimum atomic E-state index is -4.32. The summed E-state index contributed by atoms with van der Waals surface area (Å²) in [6, 6.07) is -0.218. The quantitative estimate of drug-likeness (QED) is 0.846. The summed E-state index contributed by atoms with van der Waals surface area (Å²) in [5, 5.41) is 0. The van der Waals surface area contributed by atoms with Gasteiger partial charge < -0.3 is 10.6 Å². The van der Waals surface area contributed by atoms with E-state index in [1.807, 2.05) is 0 Å². The molecule has 1 amide bonds. The minimum Gasteiger partial charge on any atom is -0.331 e. The second-order valence-corrected chi connectivity index (χ2v) is 5.61. The summed E-state index contributed by atoms with van der Waals surface area (Å²) in [7, 11) is 0. The molecule has 0 saturated heterocycles. The normalized spacial score (nSPS) is 23.1. The number of nitrogens with two attached hydrogens (primary N) is 1. The van der Waals surface area contributed by atoms with E-state index < -0.39 is 24.2 Å². The van der Waals surface area contributed by atoms with Crippen molar-refractivity contribution in [3.05, 3.63) is 0 Å². The van der Waals surface area contributed by atoms with E-state index in [0.717, 1.165) is 30.6 Å². The lowest BCUT2D eigenvalue weighted by atomic mass is 9.94. The molecule has 0 spiro atoms. The van der Waals surface area contributed by atoms with Crippen LogP contribution in [0.1, 0.15) is 44.9 Å². The van der Waals surface area contributed by atoms with Crippen LogP contribution in [0.3, 0.4) is 0 Å². The van der Waals surface area contributed by atoms with Gasteiger partial charge in [0.25, 0.3) is 0 Å². The van der Waals surface area contributed by atoms with Gasteiger partial charge in [0, 0.05) is 18.0 Å². The van der Waals surface area contributed by atoms with E-state index in [4.69, 9.17) is 5.73 Å². The van der Waals surface area contributed by atoms with Crippen LogP contribution in [-0.2, 0) is 4.79 Å². The van der Waals surface area contributed by atoms with Crippen molar-refractivity contribution < 1.29 is 18.0 Å². The van der Waals surface area contributed by atoms with Crippen LogP contribution in [0.5, 0.6) is 0 Å². The standard InChI is InChI=1S/C12H19F3N2O/c13-12(14,15)8-17(9-3-4-9)10(18)7-11(16)5-1-2-6-11/h9H,1-8,16H2. The van der Waals surface area contributed by atoms with Crippen LogP contribution >= 0.6 is 0 Å². The predicted molar refractivity (Wildman–Crippen MR) is 60.8 cm³/mol. The van der Waals surface area contributed by atoms with Gasteiger partial charge in [0.1, 0.15) is 6.54 Å². The summed E-state index contributed by atoms with van der Waals surface area (Å²) in [4.78, 5) is 13.0. The number of halogens is 3. The first-order chi connectivity index (χ1) is 8.29. The van der Waals surface area contributed by atoms with Crippen LogP contribution in [0.25, 0.3) is 0 Å². The molecule has 0 radical (unpaired) electrons. The first-order valence-electron chi connectivity index (χ1n) is 6.44. The molecule has 2 N–H and O–H groups in total. The fourth-order valence-corrected chi connectivity index (χ4v) is 2.66. The number of carbonyl (C=O) groups excluding carboxylic acids is 1. The Kier molecular flexibility index (Phi) is 3.58. The van der Waals surface area contributed by atoms with Crippen LogP contribution in [0.15, 0.2) is 0 Å². The van der Waals surface area contributed by atoms with Crippen molar-refractivity contribution in [3.8, 4) is 0 Å². The van der Waals surface area contributed by atoms with E-state index in [2.05, 4.69) is 0 Å². The highest BCUT2D eigenvalue weighted by atomic mass is 19.4. The Balaban J connectivity index is 1.95. The van der Waals surface area contributed by atoms with Crippen LogP contribution in [-0.4, -0.2) is 35.1 Å². The molecule has 2 fully saturated rings. The van der Waals surface area contributed by atoms with Crippen molar-refractivity contribution in [1.29, 1.82) is 0 Å². The molecule has 0 unspecified atom stereocenters. The summed E-state index contributed by atoms with van der Waals surface area (Å²) in [5.74, 6) is -0.431. The SMILES string of the molecule is NC1(CC(=O)N(CC(F)(F)F)C2CC2)CCCC1. The number of hydrogen-bond acceptors (Lipinski definition) is 2. The predicted octanol–water partition coefficient (Wildman–Crippen LogP) is 2.20. The van der Waals surface area contributed by atoms with Crippen molar-refractivity contribution in [1.82, 2.24) is 4.90 Å². The van der Waals surface area contributed by atoms with E-state index in [1.165, 1.54) is 0 Å². The third-order valence-corrected chi connectivity index (χ3v) is 3.76. The maximum absolute atomic E-state index is 12.4. The van der Waals surface area contributed by atoms with Gasteiger partial charge in [-0.15, -0.1) is 0 Å². The molecule has 0 aliphatic heterocycles. The summed E-state index contributed by atoms with van der Waals surface area (Å²) < 4.78 is 37.3. The maximum Gasteiger partial charge on any atom is 0.406 e. The highest BCUT2D eigenvalue weighted by Gasteiger charge is 2.42. The molecular formula is C12H19F3N2O. The summed E-state index contributed by atoms with van der Waals surface area (Å²) in [6.07, 6.45) is 0.500. The lowest BCUT2D eigenvalue weighted by Gasteiger charge is -2.29. The number of carbonyl (C=O) groups is 1. The van der Waals surface area contributed by atoms with Crippen molar-refractivity contribution in [3.63, 3.8) is 0 Å². The summed E-state index contributed by atoms with van der Waals surface area (Å²) in [5.41, 5.74) is 5.48. The highest BCUT2D eigenvalue weighted by molar-refractivity contribution is 5.78. The van der Waals surface area contributed by atoms with E-state index in [0.29, 0.717) is 12.8 Å². The first kappa shape index (κ1) is 13.6. The molecule has 0 bridgehead atoms. The number of amides is 1. The molecule has 2 aliphatic carbocycles. The molecule has 3 nitrogen and oxygen atoms in total. The molecule has 0 heterocycles. The average Bonchev–Trinajstić information content (AvgIpc) is 2.97. The van der Waals surface area contributed by atoms with Crippen molar-refractivity contribution in [2.24, 2.45) is 5.73 Å². The maximum atomic E-state index is 12.4. The summed E-state index contributed by atoms with van der Waals surface area (Å²) >= 11 is 0. The van der Waals surface area contributed by atoms with Gasteiger partial charge in [0.2, 0.25) is 5.91 Å². The first-order valence-corrected chi connectivity index (χ1v) is 6.44. The lowest BCUT2D eigenvalue weighted by Crippen LogP contribution is -2.47. The smallest absolute Gasteiger partial charge is 0.331 e. The Morgan fingerprint density at radius 1 is 1.28 bits per heavy atom. The van der Waals surface area contributed by atoms with Crippen LogP contribution < -0.4 is 5.73 Å². The fourth-order valence-electron chi connectivity index (χ4n) is 2.66. The molecular weight excluding hydrogens is 245 g/mol. The zero-order chi connectivity index (χ0) is 13.4. The third kappa shape index (κ3) is 3.60. The molecule has 0 atom stereocenters. The number of rotatable bonds is 4. The molecule has 104 valence electrons. The van der Waals surface area contributed by atoms with Gasteiger partial charge in [-0.3, -0.25) is 4.79 Å². The van der Waals surface area contributed by atoms with Crippen LogP contribution in [0.2, 0.25) is 0 Å². The Bertz CT molecular complexity index is 320. The number of hydrogen-bond donors (Lipinski definition) is 1. The molecule has 0 aromatic rings. The van der Waals surface area contributed by atoms with E-state index in [-0.39, 0.29) is 12.5 Å². The zero-order valence-corrected chi connectivity index (χ0v) is 10.3. The molecule has 6 heteroatoms. The van der Waals surface area contributed by atoms with Gasteiger partial charge in [-0.25, -0.2) is 0 Å². The van der Waals surface area contributed by atoms with Crippen LogP contribution in [0, 0.1) is 0 Å². The molecule has 0 aromatic carbocycles. The Morgan fingerprint density at radius 2 is 1.83 bits per heavy atom. The van der Waals surface area contributed by atoms with Gasteiger partial charge >= 0.3 is 6.18 Å². The topological polar surface area (TPSA) is 46.3 Å². The van der Waals surface area contributed by atoms with Gasteiger partial charge in [-0.2, -0.15) is 13.2 Å². The number of alkyl halides is 3. The monoisotopic (exact) mass is 264 g/mol. The van der Waals surface area contributed by atoms with Crippen molar-refractivity contribution in [2.75, 3.05) is 6.54 Å². The molecule has 2 saturated carbocycles. The minimum absolute atomic E-state index is 0.0551. The average molecular weight is 264 g/mol. The van der Waals surface area contributed by atoms with Gasteiger partial charge in [0.05, 0.1) is 0 Å². The molecule has 0 aromatic heterocycles. The van der Waals surface area contributed by atoms with Gasteiger partial charge in [0.15, 0.2) is 0 Å². The van der Waals surface area contributed by atoms with Crippen molar-refractivity contribution in [2.45, 2.75) is 62.7 Å². The van der Waals surface area contributed by atoms with Gasteiger partial charge in [-0.05, 0) is 25.7 Å². The lowest BCUT2D eigenvalue weighted by molar-refractivity contribution is -0.163. The fraction of sp³-hybridized carbons (Fsp3) is 0.917. The Labute approximate surface area is 104 Å². The van der Waals surface area contributed by atoms with E-state index in [1.54, 1.807) is 0 Å². The van der Waals surface area contributed by atoms with E-state index >= 15 is 0 Å². The third-order valence-electron chi connectivity index (χ3n) is 3.76. The van der Waals surface area contributed by atoms with Crippen LogP contribution in [0.4, 0.5) is 13.2 Å². The zero-order valence-electron chi connectivity index (χ0n) is 10.3. The Hall–Kier alpha value is -0.780. The van der Waals surface area contributed by atoms with Crippen molar-refractivity contribution >= 4 is 5.91 Å². The van der Waals surface area contributed by atoms with E-state index in [9.17, 15) is 18.0 Å². The molecule has 2 aliphatic rings. The Morgan fingerprint density at radius 3 is 2.28 bits per heavy atom. The molecule has 18 heavy (non-hydrogen) atoms. The largest absolute Gasteiger partial charge is 0.406 e. The second kappa shape index (κ2) is 4.72. The molecule has 2 rings (SSSR count). The summed E-state index contributed by atoms with van der Waals surface area (Å²) in [6.45, 7) is -1.13.